The average Bonchev–Trinajstić information content (AvgIpc) is 2.71. The van der Waals surface area contributed by atoms with Gasteiger partial charge in [0.1, 0.15) is 0 Å². The Morgan fingerprint density at radius 3 is 2.52 bits per heavy atom. The van der Waals surface area contributed by atoms with Gasteiger partial charge in [-0.2, -0.15) is 0 Å². The number of nitrogens with zero attached hydrogens (tertiary/aromatic N) is 1. The van der Waals surface area contributed by atoms with Crippen LogP contribution in [0.1, 0.15) is 56.4 Å². The predicted octanol–water partition coefficient (Wildman–Crippen LogP) is 2.41. The molecule has 1 aromatic rings. The van der Waals surface area contributed by atoms with Crippen molar-refractivity contribution in [3.8, 4) is 0 Å². The average molecular weight is 294 g/mol. The first-order chi connectivity index (χ1) is 10.0. The Bertz CT molecular complexity index is 502. The van der Waals surface area contributed by atoms with Gasteiger partial charge in [0.15, 0.2) is 5.76 Å². The van der Waals surface area contributed by atoms with Crippen molar-refractivity contribution >= 4 is 11.9 Å². The maximum Gasteiger partial charge on any atom is 0.310 e. The van der Waals surface area contributed by atoms with Crippen LogP contribution in [0.3, 0.4) is 0 Å². The van der Waals surface area contributed by atoms with Crippen molar-refractivity contribution in [1.82, 2.24) is 10.5 Å². The van der Waals surface area contributed by atoms with Crippen molar-refractivity contribution in [3.63, 3.8) is 0 Å². The van der Waals surface area contributed by atoms with Crippen molar-refractivity contribution in [2.75, 3.05) is 0 Å². The molecule has 0 spiro atoms. The molecule has 1 amide bonds. The van der Waals surface area contributed by atoms with Crippen molar-refractivity contribution in [2.24, 2.45) is 5.41 Å². The van der Waals surface area contributed by atoms with Crippen molar-refractivity contribution < 1.29 is 19.2 Å². The van der Waals surface area contributed by atoms with E-state index in [1.54, 1.807) is 13.0 Å². The lowest BCUT2D eigenvalue weighted by atomic mass is 9.77. The lowest BCUT2D eigenvalue weighted by Gasteiger charge is -2.27. The maximum absolute atomic E-state index is 12.1. The summed E-state index contributed by atoms with van der Waals surface area (Å²) in [6, 6.07) is 1.75. The number of nitrogens with one attached hydrogen (secondary N) is 1. The largest absolute Gasteiger partial charge is 0.481 e. The molecule has 2 rings (SSSR count). The minimum absolute atomic E-state index is 0.0372. The van der Waals surface area contributed by atoms with E-state index in [1.807, 2.05) is 0 Å². The van der Waals surface area contributed by atoms with E-state index in [0.717, 1.165) is 31.4 Å². The Balaban J connectivity index is 1.93. The molecule has 6 nitrogen and oxygen atoms in total. The number of carbonyl (C=O) groups is 2. The standard InChI is InChI=1S/C15H22N2O4/c1-11-8-12(21-17-11)10-16-13(18)9-15(14(19)20)6-4-2-3-5-7-15/h8H,2-7,9-10H2,1H3,(H,16,18)(H,19,20). The molecule has 6 heteroatoms. The van der Waals surface area contributed by atoms with E-state index in [9.17, 15) is 14.7 Å². The summed E-state index contributed by atoms with van der Waals surface area (Å²) in [5.41, 5.74) is -0.150. The van der Waals surface area contributed by atoms with Gasteiger partial charge in [-0.05, 0) is 19.8 Å². The molecule has 0 aromatic carbocycles. The summed E-state index contributed by atoms with van der Waals surface area (Å²) in [7, 11) is 0. The molecule has 1 fully saturated rings. The van der Waals surface area contributed by atoms with E-state index in [4.69, 9.17) is 4.52 Å². The van der Waals surface area contributed by atoms with Crippen LogP contribution in [0.2, 0.25) is 0 Å². The zero-order valence-corrected chi connectivity index (χ0v) is 12.4. The molecule has 0 bridgehead atoms. The zero-order chi connectivity index (χ0) is 15.3. The molecule has 1 aromatic heterocycles. The Kier molecular flexibility index (Phi) is 4.98. The number of carboxylic acids is 1. The molecule has 0 aliphatic heterocycles. The van der Waals surface area contributed by atoms with Gasteiger partial charge in [-0.3, -0.25) is 9.59 Å². The first-order valence-corrected chi connectivity index (χ1v) is 7.44. The Labute approximate surface area is 123 Å². The summed E-state index contributed by atoms with van der Waals surface area (Å²) in [6.45, 7) is 2.05. The Morgan fingerprint density at radius 1 is 1.33 bits per heavy atom. The highest BCUT2D eigenvalue weighted by molar-refractivity contribution is 5.84. The molecule has 0 atom stereocenters. The summed E-state index contributed by atoms with van der Waals surface area (Å²) in [5.74, 6) is -0.519. The molecule has 1 saturated carbocycles. The van der Waals surface area contributed by atoms with Gasteiger partial charge >= 0.3 is 5.97 Å². The van der Waals surface area contributed by atoms with Crippen molar-refractivity contribution in [3.05, 3.63) is 17.5 Å². The monoisotopic (exact) mass is 294 g/mol. The SMILES string of the molecule is Cc1cc(CNC(=O)CC2(C(=O)O)CCCCCC2)on1. The third kappa shape index (κ3) is 4.06. The van der Waals surface area contributed by atoms with Gasteiger partial charge < -0.3 is 14.9 Å². The molecule has 0 radical (unpaired) electrons. The minimum atomic E-state index is -0.905. The number of carboxylic acid groups (broad SMARTS) is 1. The van der Waals surface area contributed by atoms with E-state index in [2.05, 4.69) is 10.5 Å². The van der Waals surface area contributed by atoms with E-state index in [-0.39, 0.29) is 18.9 Å². The zero-order valence-electron chi connectivity index (χ0n) is 12.4. The second-order valence-electron chi connectivity index (χ2n) is 5.89. The Morgan fingerprint density at radius 2 is 2.00 bits per heavy atom. The quantitative estimate of drug-likeness (QED) is 0.813. The molecular formula is C15H22N2O4. The molecule has 2 N–H and O–H groups in total. The van der Waals surface area contributed by atoms with E-state index >= 15 is 0 Å². The van der Waals surface area contributed by atoms with Crippen LogP contribution in [0.25, 0.3) is 0 Å². The number of hydrogen-bond donors (Lipinski definition) is 2. The van der Waals surface area contributed by atoms with Crippen molar-refractivity contribution in [1.29, 1.82) is 0 Å². The van der Waals surface area contributed by atoms with Crippen LogP contribution >= 0.6 is 0 Å². The third-order valence-electron chi connectivity index (χ3n) is 4.15. The molecule has 0 saturated heterocycles. The maximum atomic E-state index is 12.1. The smallest absolute Gasteiger partial charge is 0.310 e. The van der Waals surface area contributed by atoms with Crippen LogP contribution in [0.15, 0.2) is 10.6 Å². The van der Waals surface area contributed by atoms with Crippen LogP contribution in [-0.4, -0.2) is 22.1 Å². The lowest BCUT2D eigenvalue weighted by molar-refractivity contribution is -0.152. The van der Waals surface area contributed by atoms with Crippen molar-refractivity contribution in [2.45, 2.75) is 58.4 Å². The number of aryl methyl sites for hydroxylation is 1. The summed E-state index contributed by atoms with van der Waals surface area (Å²) in [6.07, 6.45) is 5.05. The number of hydrogen-bond acceptors (Lipinski definition) is 4. The first-order valence-electron chi connectivity index (χ1n) is 7.44. The molecule has 1 heterocycles. The van der Waals surface area contributed by atoms with Gasteiger partial charge in [-0.25, -0.2) is 0 Å². The lowest BCUT2D eigenvalue weighted by Crippen LogP contribution is -2.37. The van der Waals surface area contributed by atoms with Gasteiger partial charge in [-0.15, -0.1) is 0 Å². The number of aliphatic carboxylic acids is 1. The number of carbonyl (C=O) groups excluding carboxylic acids is 1. The molecule has 1 aliphatic rings. The Hall–Kier alpha value is -1.85. The summed E-state index contributed by atoms with van der Waals surface area (Å²) in [5, 5.41) is 16.0. The predicted molar refractivity (Wildman–Crippen MR) is 75.5 cm³/mol. The summed E-state index contributed by atoms with van der Waals surface area (Å²) < 4.78 is 5.02. The summed E-state index contributed by atoms with van der Waals surface area (Å²) in [4.78, 5) is 23.7. The first kappa shape index (κ1) is 15.5. The highest BCUT2D eigenvalue weighted by Gasteiger charge is 2.40. The van der Waals surface area contributed by atoms with E-state index in [0.29, 0.717) is 18.6 Å². The van der Waals surface area contributed by atoms with Gasteiger partial charge in [0.2, 0.25) is 5.91 Å². The normalized spacial score (nSPS) is 18.0. The molecule has 21 heavy (non-hydrogen) atoms. The third-order valence-corrected chi connectivity index (χ3v) is 4.15. The van der Waals surface area contributed by atoms with Crippen LogP contribution in [-0.2, 0) is 16.1 Å². The number of aromatic nitrogens is 1. The fraction of sp³-hybridized carbons (Fsp3) is 0.667. The van der Waals surface area contributed by atoms with E-state index in [1.165, 1.54) is 0 Å². The highest BCUT2D eigenvalue weighted by atomic mass is 16.5. The second-order valence-corrected chi connectivity index (χ2v) is 5.89. The van der Waals surface area contributed by atoms with Gasteiger partial charge in [0.25, 0.3) is 0 Å². The summed E-state index contributed by atoms with van der Waals surface area (Å²) >= 11 is 0. The number of amides is 1. The van der Waals surface area contributed by atoms with Crippen LogP contribution < -0.4 is 5.32 Å². The van der Waals surface area contributed by atoms with Crippen LogP contribution in [0, 0.1) is 12.3 Å². The van der Waals surface area contributed by atoms with Gasteiger partial charge in [0.05, 0.1) is 17.7 Å². The fourth-order valence-corrected chi connectivity index (χ4v) is 2.93. The highest BCUT2D eigenvalue weighted by Crippen LogP contribution is 2.38. The van der Waals surface area contributed by atoms with E-state index < -0.39 is 11.4 Å². The van der Waals surface area contributed by atoms with Crippen LogP contribution in [0.4, 0.5) is 0 Å². The van der Waals surface area contributed by atoms with Gasteiger partial charge in [0, 0.05) is 12.5 Å². The fourth-order valence-electron chi connectivity index (χ4n) is 2.93. The van der Waals surface area contributed by atoms with Gasteiger partial charge in [-0.1, -0.05) is 30.8 Å². The molecule has 0 unspecified atom stereocenters. The molecular weight excluding hydrogens is 272 g/mol. The molecule has 1 aliphatic carbocycles. The molecule has 116 valence electrons. The second kappa shape index (κ2) is 6.74. The number of rotatable bonds is 5. The van der Waals surface area contributed by atoms with Crippen LogP contribution in [0.5, 0.6) is 0 Å². The minimum Gasteiger partial charge on any atom is -0.481 e. The topological polar surface area (TPSA) is 92.4 Å².